The topological polar surface area (TPSA) is 66.4 Å². The third-order valence-corrected chi connectivity index (χ3v) is 11.8. The molecule has 1 atom stereocenters. The molecule has 6 heteroatoms. The van der Waals surface area contributed by atoms with E-state index in [0.717, 1.165) is 18.2 Å². The van der Waals surface area contributed by atoms with Gasteiger partial charge in [0.25, 0.3) is 0 Å². The predicted molar refractivity (Wildman–Crippen MR) is 136 cm³/mol. The standard InChI is InChI=1S/C26H29NO3SSi/c1-21(28)27-25(26(29)30)20-31-18-11-19-32(22-12-5-2-6-13-22,23-14-7-3-8-15-23)24-16-9-4-10-17-24/h2-10,12-17,25H,11,18-20H2,1H3,(H,27,28)(H,29,30). The van der Waals surface area contributed by atoms with E-state index in [9.17, 15) is 14.7 Å². The van der Waals surface area contributed by atoms with Crippen LogP contribution in [0, 0.1) is 0 Å². The van der Waals surface area contributed by atoms with Crippen molar-refractivity contribution in [3.05, 3.63) is 91.0 Å². The average molecular weight is 464 g/mol. The number of benzene rings is 3. The minimum absolute atomic E-state index is 0.318. The number of carboxylic acid groups (broad SMARTS) is 1. The third-order valence-electron chi connectivity index (χ3n) is 5.60. The molecule has 3 rings (SSSR count). The molecule has 1 unspecified atom stereocenters. The average Bonchev–Trinajstić information content (AvgIpc) is 2.82. The fourth-order valence-corrected chi connectivity index (χ4v) is 10.3. The van der Waals surface area contributed by atoms with Gasteiger partial charge in [-0.15, -0.1) is 0 Å². The van der Waals surface area contributed by atoms with E-state index in [1.807, 2.05) is 0 Å². The first-order chi connectivity index (χ1) is 15.5. The van der Waals surface area contributed by atoms with Gasteiger partial charge in [0, 0.05) is 12.7 Å². The molecule has 0 aliphatic carbocycles. The van der Waals surface area contributed by atoms with E-state index in [1.54, 1.807) is 11.8 Å². The van der Waals surface area contributed by atoms with E-state index in [2.05, 4.69) is 96.3 Å². The van der Waals surface area contributed by atoms with Crippen LogP contribution in [0.2, 0.25) is 6.04 Å². The number of carbonyl (C=O) groups is 2. The normalized spacial score (nSPS) is 12.2. The van der Waals surface area contributed by atoms with Gasteiger partial charge in [-0.2, -0.15) is 11.8 Å². The summed E-state index contributed by atoms with van der Waals surface area (Å²) in [6, 6.07) is 32.5. The Labute approximate surface area is 195 Å². The summed E-state index contributed by atoms with van der Waals surface area (Å²) in [4.78, 5) is 22.7. The van der Waals surface area contributed by atoms with E-state index < -0.39 is 20.1 Å². The second-order valence-corrected chi connectivity index (χ2v) is 13.0. The Balaban J connectivity index is 1.84. The first kappa shape index (κ1) is 23.8. The Morgan fingerprint density at radius 1 is 0.844 bits per heavy atom. The molecule has 0 aromatic heterocycles. The molecule has 0 spiro atoms. The number of aliphatic carboxylic acids is 1. The third kappa shape index (κ3) is 5.90. The van der Waals surface area contributed by atoms with Crippen LogP contribution >= 0.6 is 11.8 Å². The summed E-state index contributed by atoms with van der Waals surface area (Å²) in [6.07, 6.45) is 0.960. The molecule has 0 aliphatic heterocycles. The molecule has 32 heavy (non-hydrogen) atoms. The van der Waals surface area contributed by atoms with E-state index in [1.165, 1.54) is 22.5 Å². The van der Waals surface area contributed by atoms with Gasteiger partial charge in [-0.05, 0) is 33.8 Å². The summed E-state index contributed by atoms with van der Waals surface area (Å²) in [7, 11) is -2.25. The Bertz CT molecular complexity index is 903. The minimum Gasteiger partial charge on any atom is -0.480 e. The summed E-state index contributed by atoms with van der Waals surface area (Å²) < 4.78 is 0. The molecule has 2 N–H and O–H groups in total. The fraction of sp³-hybridized carbons (Fsp3) is 0.231. The van der Waals surface area contributed by atoms with Gasteiger partial charge in [0.1, 0.15) is 14.1 Å². The number of amides is 1. The zero-order valence-electron chi connectivity index (χ0n) is 18.2. The number of hydrogen-bond donors (Lipinski definition) is 2. The molecule has 166 valence electrons. The first-order valence-corrected chi connectivity index (χ1v) is 14.1. The van der Waals surface area contributed by atoms with Crippen molar-refractivity contribution in [3.8, 4) is 0 Å². The first-order valence-electron chi connectivity index (χ1n) is 10.8. The Hall–Kier alpha value is -2.83. The zero-order chi connectivity index (χ0) is 22.8. The highest BCUT2D eigenvalue weighted by Gasteiger charge is 2.38. The van der Waals surface area contributed by atoms with Crippen LogP contribution in [0.3, 0.4) is 0 Å². The monoisotopic (exact) mass is 463 g/mol. The quantitative estimate of drug-likeness (QED) is 0.261. The number of nitrogens with one attached hydrogen (secondary N) is 1. The van der Waals surface area contributed by atoms with Crippen molar-refractivity contribution in [1.82, 2.24) is 5.32 Å². The Kier molecular flexibility index (Phi) is 8.70. The predicted octanol–water partition coefficient (Wildman–Crippen LogP) is 2.87. The van der Waals surface area contributed by atoms with Crippen molar-refractivity contribution in [2.24, 2.45) is 0 Å². The van der Waals surface area contributed by atoms with Crippen molar-refractivity contribution < 1.29 is 14.7 Å². The molecule has 0 aliphatic rings. The van der Waals surface area contributed by atoms with Crippen molar-refractivity contribution in [2.45, 2.75) is 25.4 Å². The lowest BCUT2D eigenvalue weighted by Crippen LogP contribution is -2.67. The molecule has 0 heterocycles. The number of rotatable bonds is 11. The number of thioether (sulfide) groups is 1. The summed E-state index contributed by atoms with van der Waals surface area (Å²) in [5.41, 5.74) is 0. The summed E-state index contributed by atoms with van der Waals surface area (Å²) in [6.45, 7) is 1.35. The molecule has 0 bridgehead atoms. The van der Waals surface area contributed by atoms with Crippen molar-refractivity contribution in [3.63, 3.8) is 0 Å². The van der Waals surface area contributed by atoms with Crippen LogP contribution in [0.15, 0.2) is 91.0 Å². The van der Waals surface area contributed by atoms with Crippen LogP contribution in [0.25, 0.3) is 0 Å². The van der Waals surface area contributed by atoms with E-state index in [4.69, 9.17) is 0 Å². The summed E-state index contributed by atoms with van der Waals surface area (Å²) >= 11 is 1.58. The van der Waals surface area contributed by atoms with Crippen LogP contribution in [0.5, 0.6) is 0 Å². The smallest absolute Gasteiger partial charge is 0.327 e. The molecule has 0 fully saturated rings. The van der Waals surface area contributed by atoms with Crippen LogP contribution < -0.4 is 20.9 Å². The molecule has 3 aromatic rings. The van der Waals surface area contributed by atoms with E-state index >= 15 is 0 Å². The van der Waals surface area contributed by atoms with Gasteiger partial charge in [-0.25, -0.2) is 4.79 Å². The maximum absolute atomic E-state index is 11.4. The van der Waals surface area contributed by atoms with E-state index in [0.29, 0.717) is 5.75 Å². The van der Waals surface area contributed by atoms with Gasteiger partial charge in [-0.1, -0.05) is 91.0 Å². The largest absolute Gasteiger partial charge is 0.480 e. The summed E-state index contributed by atoms with van der Waals surface area (Å²) in [5, 5.41) is 16.0. The van der Waals surface area contributed by atoms with Crippen LogP contribution in [-0.4, -0.2) is 42.6 Å². The highest BCUT2D eigenvalue weighted by molar-refractivity contribution is 7.99. The molecule has 0 saturated carbocycles. The van der Waals surface area contributed by atoms with Gasteiger partial charge >= 0.3 is 5.97 Å². The van der Waals surface area contributed by atoms with Crippen LogP contribution in [0.4, 0.5) is 0 Å². The highest BCUT2D eigenvalue weighted by atomic mass is 32.2. The Morgan fingerprint density at radius 3 is 1.66 bits per heavy atom. The van der Waals surface area contributed by atoms with Gasteiger partial charge in [0.2, 0.25) is 5.91 Å². The molecule has 4 nitrogen and oxygen atoms in total. The van der Waals surface area contributed by atoms with Gasteiger partial charge in [0.05, 0.1) is 0 Å². The maximum atomic E-state index is 11.4. The lowest BCUT2D eigenvalue weighted by molar-refractivity contribution is -0.140. The van der Waals surface area contributed by atoms with Crippen molar-refractivity contribution in [1.29, 1.82) is 0 Å². The van der Waals surface area contributed by atoms with Crippen LogP contribution in [-0.2, 0) is 9.59 Å². The number of carbonyl (C=O) groups excluding carboxylic acids is 1. The van der Waals surface area contributed by atoms with Crippen molar-refractivity contribution in [2.75, 3.05) is 11.5 Å². The molecular weight excluding hydrogens is 434 g/mol. The molecular formula is C26H29NO3SSi. The molecule has 3 aromatic carbocycles. The van der Waals surface area contributed by atoms with E-state index in [-0.39, 0.29) is 5.91 Å². The number of carboxylic acids is 1. The molecule has 0 saturated heterocycles. The lowest BCUT2D eigenvalue weighted by Gasteiger charge is -2.34. The lowest BCUT2D eigenvalue weighted by atomic mass is 10.3. The second-order valence-electron chi connectivity index (χ2n) is 7.77. The highest BCUT2D eigenvalue weighted by Crippen LogP contribution is 2.18. The maximum Gasteiger partial charge on any atom is 0.327 e. The molecule has 1 amide bonds. The van der Waals surface area contributed by atoms with Gasteiger partial charge in [0.15, 0.2) is 0 Å². The molecule has 0 radical (unpaired) electrons. The zero-order valence-corrected chi connectivity index (χ0v) is 20.1. The SMILES string of the molecule is CC(=O)NC(CSCCC[Si](c1ccccc1)(c1ccccc1)c1ccccc1)C(=O)O. The minimum atomic E-state index is -2.25. The second kappa shape index (κ2) is 11.7. The Morgan fingerprint density at radius 2 is 1.28 bits per heavy atom. The fourth-order valence-electron chi connectivity index (χ4n) is 4.16. The van der Waals surface area contributed by atoms with Crippen LogP contribution in [0.1, 0.15) is 13.3 Å². The van der Waals surface area contributed by atoms with Gasteiger partial charge in [-0.3, -0.25) is 4.79 Å². The summed E-state index contributed by atoms with van der Waals surface area (Å²) in [5.74, 6) is -0.105. The van der Waals surface area contributed by atoms with Crippen molar-refractivity contribution >= 4 is 47.3 Å². The number of hydrogen-bond acceptors (Lipinski definition) is 3. The van der Waals surface area contributed by atoms with Gasteiger partial charge < -0.3 is 10.4 Å².